The summed E-state index contributed by atoms with van der Waals surface area (Å²) in [6, 6.07) is 18.8. The molecule has 0 saturated heterocycles. The van der Waals surface area contributed by atoms with Crippen LogP contribution in [0.1, 0.15) is 11.6 Å². The highest BCUT2D eigenvalue weighted by molar-refractivity contribution is 5.92. The number of hydrogen-bond acceptors (Lipinski definition) is 2. The third kappa shape index (κ3) is 2.72. The van der Waals surface area contributed by atoms with E-state index in [1.165, 1.54) is 4.90 Å². The molecule has 0 radical (unpaired) electrons. The summed E-state index contributed by atoms with van der Waals surface area (Å²) in [6.07, 6.45) is 0. The van der Waals surface area contributed by atoms with Crippen LogP contribution >= 0.6 is 0 Å². The van der Waals surface area contributed by atoms with E-state index in [1.54, 1.807) is 36.4 Å². The molecule has 2 aromatic rings. The van der Waals surface area contributed by atoms with Crippen molar-refractivity contribution >= 4 is 11.7 Å². The molecule has 1 atom stereocenters. The number of para-hydroxylation sites is 1. The van der Waals surface area contributed by atoms with Gasteiger partial charge < -0.3 is 5.73 Å². The second-order valence-electron chi connectivity index (χ2n) is 3.99. The molecule has 94 valence electrons. The average molecular weight is 251 g/mol. The molecule has 4 nitrogen and oxygen atoms in total. The number of carbonyl (C=O) groups is 1. The Kier molecular flexibility index (Phi) is 3.79. The number of primary amides is 1. The molecule has 2 aromatic carbocycles. The molecule has 1 unspecified atom stereocenters. The van der Waals surface area contributed by atoms with E-state index in [2.05, 4.69) is 6.07 Å². The van der Waals surface area contributed by atoms with Gasteiger partial charge in [-0.3, -0.25) is 4.90 Å². The van der Waals surface area contributed by atoms with Gasteiger partial charge in [0.15, 0.2) is 6.04 Å². The van der Waals surface area contributed by atoms with Gasteiger partial charge in [-0.05, 0) is 17.7 Å². The first kappa shape index (κ1) is 12.7. The van der Waals surface area contributed by atoms with Crippen LogP contribution in [-0.2, 0) is 0 Å². The molecule has 0 spiro atoms. The van der Waals surface area contributed by atoms with Crippen LogP contribution in [0, 0.1) is 11.3 Å². The summed E-state index contributed by atoms with van der Waals surface area (Å²) < 4.78 is 0. The molecular weight excluding hydrogens is 238 g/mol. The normalized spacial score (nSPS) is 11.3. The summed E-state index contributed by atoms with van der Waals surface area (Å²) in [5, 5.41) is 9.36. The summed E-state index contributed by atoms with van der Waals surface area (Å²) >= 11 is 0. The summed E-state index contributed by atoms with van der Waals surface area (Å²) in [7, 11) is 0. The summed E-state index contributed by atoms with van der Waals surface area (Å²) in [6.45, 7) is 0. The minimum absolute atomic E-state index is 0.602. The predicted octanol–water partition coefficient (Wildman–Crippen LogP) is 2.84. The third-order valence-corrected chi connectivity index (χ3v) is 2.77. The van der Waals surface area contributed by atoms with Gasteiger partial charge in [0.2, 0.25) is 0 Å². The van der Waals surface area contributed by atoms with Gasteiger partial charge >= 0.3 is 6.03 Å². The van der Waals surface area contributed by atoms with Crippen LogP contribution in [0.5, 0.6) is 0 Å². The number of rotatable bonds is 3. The summed E-state index contributed by atoms with van der Waals surface area (Å²) in [4.78, 5) is 13.0. The minimum Gasteiger partial charge on any atom is -0.351 e. The molecule has 0 fully saturated rings. The van der Waals surface area contributed by atoms with Crippen molar-refractivity contribution in [3.05, 3.63) is 66.2 Å². The van der Waals surface area contributed by atoms with Crippen LogP contribution in [0.3, 0.4) is 0 Å². The number of hydrogen-bond donors (Lipinski definition) is 1. The first-order chi connectivity index (χ1) is 9.24. The fourth-order valence-corrected chi connectivity index (χ4v) is 1.91. The lowest BCUT2D eigenvalue weighted by Crippen LogP contribution is -2.38. The third-order valence-electron chi connectivity index (χ3n) is 2.77. The Hall–Kier alpha value is -2.80. The van der Waals surface area contributed by atoms with Crippen molar-refractivity contribution in [3.63, 3.8) is 0 Å². The first-order valence-electron chi connectivity index (χ1n) is 5.82. The molecule has 0 bridgehead atoms. The minimum atomic E-state index is -0.735. The maximum atomic E-state index is 11.7. The average Bonchev–Trinajstić information content (AvgIpc) is 2.46. The lowest BCUT2D eigenvalue weighted by molar-refractivity contribution is 0.253. The molecule has 19 heavy (non-hydrogen) atoms. The fraction of sp³-hybridized carbons (Fsp3) is 0.0667. The van der Waals surface area contributed by atoms with E-state index in [-0.39, 0.29) is 0 Å². The number of nitrogens with zero attached hydrogens (tertiary/aromatic N) is 2. The molecule has 0 aromatic heterocycles. The Morgan fingerprint density at radius 3 is 2.05 bits per heavy atom. The van der Waals surface area contributed by atoms with Gasteiger partial charge in [-0.15, -0.1) is 0 Å². The Balaban J connectivity index is 2.44. The highest BCUT2D eigenvalue weighted by Crippen LogP contribution is 2.26. The maximum absolute atomic E-state index is 11.7. The standard InChI is InChI=1S/C15H13N3O/c16-11-14(12-7-3-1-4-8-12)18(15(17)19)13-9-5-2-6-10-13/h1-10,14H,(H2,17,19). The van der Waals surface area contributed by atoms with E-state index in [0.717, 1.165) is 5.56 Å². The quantitative estimate of drug-likeness (QED) is 0.911. The topological polar surface area (TPSA) is 70.1 Å². The zero-order valence-electron chi connectivity index (χ0n) is 10.2. The number of urea groups is 1. The molecular formula is C15H13N3O. The second-order valence-corrected chi connectivity index (χ2v) is 3.99. The smallest absolute Gasteiger partial charge is 0.320 e. The number of nitriles is 1. The van der Waals surface area contributed by atoms with E-state index in [9.17, 15) is 10.1 Å². The van der Waals surface area contributed by atoms with E-state index in [4.69, 9.17) is 5.73 Å². The van der Waals surface area contributed by atoms with Crippen molar-refractivity contribution in [1.29, 1.82) is 5.26 Å². The predicted molar refractivity (Wildman–Crippen MR) is 73.3 cm³/mol. The Morgan fingerprint density at radius 2 is 1.58 bits per heavy atom. The largest absolute Gasteiger partial charge is 0.351 e. The van der Waals surface area contributed by atoms with Crippen molar-refractivity contribution in [1.82, 2.24) is 0 Å². The molecule has 2 rings (SSSR count). The van der Waals surface area contributed by atoms with Crippen molar-refractivity contribution in [3.8, 4) is 6.07 Å². The van der Waals surface area contributed by atoms with Gasteiger partial charge in [-0.2, -0.15) is 5.26 Å². The molecule has 0 aliphatic carbocycles. The van der Waals surface area contributed by atoms with Crippen molar-refractivity contribution in [2.45, 2.75) is 6.04 Å². The van der Waals surface area contributed by atoms with E-state index < -0.39 is 12.1 Å². The Bertz CT molecular complexity index is 590. The van der Waals surface area contributed by atoms with Crippen LogP contribution in [0.2, 0.25) is 0 Å². The maximum Gasteiger partial charge on any atom is 0.320 e. The summed E-state index contributed by atoms with van der Waals surface area (Å²) in [5.41, 5.74) is 6.75. The summed E-state index contributed by atoms with van der Waals surface area (Å²) in [5.74, 6) is 0. The Labute approximate surface area is 111 Å². The fourth-order valence-electron chi connectivity index (χ4n) is 1.91. The van der Waals surface area contributed by atoms with Crippen molar-refractivity contribution < 1.29 is 4.79 Å². The number of nitrogens with two attached hydrogens (primary N) is 1. The molecule has 0 aliphatic heterocycles. The number of amides is 2. The van der Waals surface area contributed by atoms with E-state index >= 15 is 0 Å². The molecule has 0 aliphatic rings. The van der Waals surface area contributed by atoms with Crippen LogP contribution in [0.15, 0.2) is 60.7 Å². The van der Waals surface area contributed by atoms with Crippen LogP contribution < -0.4 is 10.6 Å². The lowest BCUT2D eigenvalue weighted by atomic mass is 10.1. The number of benzene rings is 2. The van der Waals surface area contributed by atoms with Gasteiger partial charge in [0.25, 0.3) is 0 Å². The van der Waals surface area contributed by atoms with Gasteiger partial charge in [-0.25, -0.2) is 4.79 Å². The number of carbonyl (C=O) groups excluding carboxylic acids is 1. The van der Waals surface area contributed by atoms with Crippen LogP contribution in [0.25, 0.3) is 0 Å². The molecule has 4 heteroatoms. The van der Waals surface area contributed by atoms with E-state index in [1.807, 2.05) is 24.3 Å². The molecule has 0 heterocycles. The van der Waals surface area contributed by atoms with Gasteiger partial charge in [0.1, 0.15) is 0 Å². The monoisotopic (exact) mass is 251 g/mol. The Morgan fingerprint density at radius 1 is 1.05 bits per heavy atom. The highest BCUT2D eigenvalue weighted by Gasteiger charge is 2.24. The zero-order valence-corrected chi connectivity index (χ0v) is 10.2. The van der Waals surface area contributed by atoms with Gasteiger partial charge in [0.05, 0.1) is 6.07 Å². The number of anilines is 1. The van der Waals surface area contributed by atoms with E-state index in [0.29, 0.717) is 5.69 Å². The molecule has 0 saturated carbocycles. The first-order valence-corrected chi connectivity index (χ1v) is 5.82. The van der Waals surface area contributed by atoms with Gasteiger partial charge in [0, 0.05) is 5.69 Å². The SMILES string of the molecule is N#CC(c1ccccc1)N(C(N)=O)c1ccccc1. The zero-order chi connectivity index (χ0) is 13.7. The van der Waals surface area contributed by atoms with Gasteiger partial charge in [-0.1, -0.05) is 48.5 Å². The molecule has 2 N–H and O–H groups in total. The van der Waals surface area contributed by atoms with Crippen LogP contribution in [0.4, 0.5) is 10.5 Å². The lowest BCUT2D eigenvalue weighted by Gasteiger charge is -2.25. The van der Waals surface area contributed by atoms with Crippen molar-refractivity contribution in [2.75, 3.05) is 4.90 Å². The van der Waals surface area contributed by atoms with Crippen molar-refractivity contribution in [2.24, 2.45) is 5.73 Å². The highest BCUT2D eigenvalue weighted by atomic mass is 16.2. The van der Waals surface area contributed by atoms with Crippen LogP contribution in [-0.4, -0.2) is 6.03 Å². The molecule has 2 amide bonds. The second kappa shape index (κ2) is 5.69.